The molecule has 0 spiro atoms. The summed E-state index contributed by atoms with van der Waals surface area (Å²) in [5.74, 6) is 8.61. The van der Waals surface area contributed by atoms with Crippen LogP contribution in [-0.4, -0.2) is 19.8 Å². The molecule has 0 aromatic heterocycles. The molecule has 0 saturated heterocycles. The molecule has 3 nitrogen and oxygen atoms in total. The lowest BCUT2D eigenvalue weighted by Gasteiger charge is -2.26. The van der Waals surface area contributed by atoms with Gasteiger partial charge in [0.1, 0.15) is 17.2 Å². The van der Waals surface area contributed by atoms with Crippen LogP contribution in [-0.2, 0) is 50.8 Å². The molecule has 0 atom stereocenters. The van der Waals surface area contributed by atoms with Gasteiger partial charge in [-0.05, 0) is 52.2 Å². The van der Waals surface area contributed by atoms with Crippen molar-refractivity contribution in [3.8, 4) is 17.2 Å². The fourth-order valence-electron chi connectivity index (χ4n) is 6.19. The van der Waals surface area contributed by atoms with Gasteiger partial charge in [-0.25, -0.2) is 0 Å². The summed E-state index contributed by atoms with van der Waals surface area (Å²) in [6.07, 6.45) is 2.96. The molecule has 3 aromatic rings. The van der Waals surface area contributed by atoms with E-state index < -0.39 is 0 Å². The van der Waals surface area contributed by atoms with Gasteiger partial charge in [0.2, 0.25) is 0 Å². The monoisotopic (exact) mass is 750 g/mol. The van der Waals surface area contributed by atoms with Crippen LogP contribution < -0.4 is 14.2 Å². The van der Waals surface area contributed by atoms with Crippen molar-refractivity contribution in [2.24, 2.45) is 0 Å². The summed E-state index contributed by atoms with van der Waals surface area (Å²) in [5, 5.41) is 0. The Morgan fingerprint density at radius 1 is 0.392 bits per heavy atom. The molecule has 6 heteroatoms. The molecule has 0 unspecified atom stereocenters. The molecule has 0 saturated carbocycles. The van der Waals surface area contributed by atoms with Crippen LogP contribution >= 0.6 is 35.3 Å². The van der Waals surface area contributed by atoms with Crippen molar-refractivity contribution in [2.45, 2.75) is 153 Å². The maximum absolute atomic E-state index is 6.66. The van der Waals surface area contributed by atoms with Crippen molar-refractivity contribution in [1.82, 2.24) is 0 Å². The first-order valence-electron chi connectivity index (χ1n) is 19.2. The molecule has 6 bridgehead atoms. The molecular formula is C45H66O3S3. The average molecular weight is 751 g/mol. The van der Waals surface area contributed by atoms with Crippen LogP contribution in [0.1, 0.15) is 152 Å². The lowest BCUT2D eigenvalue weighted by atomic mass is 9.85. The van der Waals surface area contributed by atoms with E-state index in [1.165, 1.54) is 50.1 Å². The first-order valence-corrected chi connectivity index (χ1v) is 22.6. The Balaban J connectivity index is 1.95. The zero-order valence-corrected chi connectivity index (χ0v) is 36.3. The zero-order chi connectivity index (χ0) is 37.4. The molecule has 1 aliphatic heterocycles. The number of thioether (sulfide) groups is 3. The van der Waals surface area contributed by atoms with Gasteiger partial charge in [-0.3, -0.25) is 0 Å². The molecule has 0 radical (unpaired) electrons. The van der Waals surface area contributed by atoms with Gasteiger partial charge in [0.05, 0.1) is 19.8 Å². The molecule has 1 aliphatic rings. The molecule has 0 fully saturated rings. The lowest BCUT2D eigenvalue weighted by Crippen LogP contribution is -2.14. The standard InChI is InChI=1S/C45H66O3S3/c1-13-16-46-40-31-19-37(43(4,5)6)20-32(40)26-50-28-34-22-39(45(10,11)12)24-36(42(34)48-18-15-3)30-51-29-35-23-38(44(7,8)9)21-33(27-49-25-31)41(35)47-17-14-2/h19-24H,13-18,25-30H2,1-12H3. The molecule has 3 aromatic carbocycles. The minimum atomic E-state index is 0.0327. The molecule has 4 rings (SSSR count). The van der Waals surface area contributed by atoms with E-state index in [1.54, 1.807) is 0 Å². The quantitative estimate of drug-likeness (QED) is 0.216. The summed E-state index contributed by atoms with van der Waals surface area (Å²) < 4.78 is 20.0. The third kappa shape index (κ3) is 11.5. The molecule has 0 N–H and O–H groups in total. The largest absolute Gasteiger partial charge is 0.493 e. The first kappa shape index (κ1) is 41.9. The van der Waals surface area contributed by atoms with Crippen LogP contribution in [0.15, 0.2) is 36.4 Å². The Labute approximate surface area is 324 Å². The van der Waals surface area contributed by atoms with Gasteiger partial charge in [0, 0.05) is 67.9 Å². The first-order chi connectivity index (χ1) is 24.1. The van der Waals surface area contributed by atoms with E-state index in [-0.39, 0.29) is 16.2 Å². The zero-order valence-electron chi connectivity index (χ0n) is 33.9. The number of hydrogen-bond acceptors (Lipinski definition) is 6. The highest BCUT2D eigenvalue weighted by Gasteiger charge is 2.25. The van der Waals surface area contributed by atoms with E-state index in [4.69, 9.17) is 14.2 Å². The maximum atomic E-state index is 6.66. The summed E-state index contributed by atoms with van der Waals surface area (Å²) in [7, 11) is 0. The van der Waals surface area contributed by atoms with Crippen molar-refractivity contribution >= 4 is 35.3 Å². The van der Waals surface area contributed by atoms with Crippen molar-refractivity contribution < 1.29 is 14.2 Å². The minimum absolute atomic E-state index is 0.0327. The van der Waals surface area contributed by atoms with Crippen LogP contribution in [0.4, 0.5) is 0 Å². The molecule has 51 heavy (non-hydrogen) atoms. The fraction of sp³-hybridized carbons (Fsp3) is 0.600. The van der Waals surface area contributed by atoms with E-state index in [9.17, 15) is 0 Å². The molecule has 282 valence electrons. The fourth-order valence-corrected chi connectivity index (χ4v) is 9.10. The lowest BCUT2D eigenvalue weighted by molar-refractivity contribution is 0.312. The van der Waals surface area contributed by atoms with Crippen LogP contribution in [0.5, 0.6) is 17.2 Å². The highest BCUT2D eigenvalue weighted by molar-refractivity contribution is 7.98. The van der Waals surface area contributed by atoms with Gasteiger partial charge in [-0.2, -0.15) is 35.3 Å². The molecule has 0 amide bonds. The third-order valence-electron chi connectivity index (χ3n) is 9.22. The Bertz CT molecular complexity index is 1330. The highest BCUT2D eigenvalue weighted by Crippen LogP contribution is 2.42. The van der Waals surface area contributed by atoms with Crippen LogP contribution in [0.2, 0.25) is 0 Å². The summed E-state index contributed by atoms with van der Waals surface area (Å²) >= 11 is 5.95. The number of fused-ring (bicyclic) bond motifs is 6. The van der Waals surface area contributed by atoms with Gasteiger partial charge in [0.15, 0.2) is 0 Å². The smallest absolute Gasteiger partial charge is 0.127 e. The number of hydrogen-bond donors (Lipinski definition) is 0. The van der Waals surface area contributed by atoms with Crippen molar-refractivity contribution in [1.29, 1.82) is 0 Å². The second-order valence-corrected chi connectivity index (χ2v) is 20.1. The van der Waals surface area contributed by atoms with Crippen LogP contribution in [0, 0.1) is 0 Å². The second-order valence-electron chi connectivity index (χ2n) is 17.1. The van der Waals surface area contributed by atoms with Gasteiger partial charge >= 0.3 is 0 Å². The predicted octanol–water partition coefficient (Wildman–Crippen LogP) is 13.6. The Morgan fingerprint density at radius 2 is 0.588 bits per heavy atom. The van der Waals surface area contributed by atoms with E-state index in [1.807, 2.05) is 35.3 Å². The molecular weight excluding hydrogens is 685 g/mol. The van der Waals surface area contributed by atoms with Crippen LogP contribution in [0.3, 0.4) is 0 Å². The third-order valence-corrected chi connectivity index (χ3v) is 12.3. The van der Waals surface area contributed by atoms with Crippen molar-refractivity contribution in [2.75, 3.05) is 19.8 Å². The van der Waals surface area contributed by atoms with Gasteiger partial charge < -0.3 is 14.2 Å². The van der Waals surface area contributed by atoms with E-state index in [0.29, 0.717) is 0 Å². The minimum Gasteiger partial charge on any atom is -0.493 e. The second kappa shape index (κ2) is 18.4. The van der Waals surface area contributed by atoms with E-state index >= 15 is 0 Å². The Morgan fingerprint density at radius 3 is 0.745 bits per heavy atom. The number of ether oxygens (including phenoxy) is 3. The Hall–Kier alpha value is -1.89. The topological polar surface area (TPSA) is 27.7 Å². The van der Waals surface area contributed by atoms with Crippen LogP contribution in [0.25, 0.3) is 0 Å². The Kier molecular flexibility index (Phi) is 15.1. The molecule has 0 aliphatic carbocycles. The average Bonchev–Trinajstić information content (AvgIpc) is 3.04. The van der Waals surface area contributed by atoms with E-state index in [0.717, 1.165) is 90.8 Å². The normalized spacial score (nSPS) is 14.8. The van der Waals surface area contributed by atoms with Crippen molar-refractivity contribution in [3.63, 3.8) is 0 Å². The predicted molar refractivity (Wildman–Crippen MR) is 228 cm³/mol. The SMILES string of the molecule is CCCOc1c2cc(C(C)(C)C)cc1CSCc1cc(C(C)(C)C)cc(c1OCCC)CSCc1cc(C(C)(C)C)cc(c1OCCC)CSC2. The maximum Gasteiger partial charge on any atom is 0.127 e. The summed E-state index contributed by atoms with van der Waals surface area (Å²) in [4.78, 5) is 0. The summed E-state index contributed by atoms with van der Waals surface area (Å²) in [5.41, 5.74) is 12.1. The molecule has 1 heterocycles. The summed E-state index contributed by atoms with van der Waals surface area (Å²) in [6.45, 7) is 29.7. The van der Waals surface area contributed by atoms with Crippen molar-refractivity contribution in [3.05, 3.63) is 86.5 Å². The summed E-state index contributed by atoms with van der Waals surface area (Å²) in [6, 6.07) is 14.5. The van der Waals surface area contributed by atoms with Gasteiger partial charge in [-0.1, -0.05) is 119 Å². The number of rotatable bonds is 9. The van der Waals surface area contributed by atoms with Gasteiger partial charge in [0.25, 0.3) is 0 Å². The van der Waals surface area contributed by atoms with E-state index in [2.05, 4.69) is 119 Å². The highest BCUT2D eigenvalue weighted by atomic mass is 32.2. The van der Waals surface area contributed by atoms with Gasteiger partial charge in [-0.15, -0.1) is 0 Å². The number of benzene rings is 3.